The Morgan fingerprint density at radius 2 is 1.80 bits per heavy atom. The van der Waals surface area contributed by atoms with Crippen LogP contribution >= 0.6 is 0 Å². The average Bonchev–Trinajstić information content (AvgIpc) is 2.20. The molecule has 0 saturated carbocycles. The predicted molar refractivity (Wildman–Crippen MR) is 71.0 cm³/mol. The summed E-state index contributed by atoms with van der Waals surface area (Å²) in [5.41, 5.74) is 4.04. The number of hydrogen-bond acceptors (Lipinski definition) is 0. The fraction of sp³-hybridized carbons (Fsp3) is 0.467. The van der Waals surface area contributed by atoms with E-state index >= 15 is 0 Å². The summed E-state index contributed by atoms with van der Waals surface area (Å²) >= 11 is 0. The first-order valence-corrected chi connectivity index (χ1v) is 5.65. The van der Waals surface area contributed by atoms with E-state index < -0.39 is 0 Å². The van der Waals surface area contributed by atoms with Crippen LogP contribution in [0.25, 0.3) is 0 Å². The number of hydrogen-bond donors (Lipinski definition) is 0. The van der Waals surface area contributed by atoms with E-state index in [1.165, 1.54) is 11.1 Å². The van der Waals surface area contributed by atoms with Crippen molar-refractivity contribution in [3.8, 4) is 0 Å². The molecule has 0 atom stereocenters. The molecular formula is C15H24. The van der Waals surface area contributed by atoms with Crippen molar-refractivity contribution < 1.29 is 0 Å². The molecule has 0 aromatic carbocycles. The lowest BCUT2D eigenvalue weighted by Gasteiger charge is -1.99. The standard InChI is InChI=1S/C15H24/c1-6-14(4)11-12-15(5)10-8-7-9-13(2)3/h6-7,9,12H,2,8,10-11H2,1,3-5H3/b9-7?,14-6+,15-12?. The minimum atomic E-state index is 1.09. The molecule has 0 heteroatoms. The first-order valence-electron chi connectivity index (χ1n) is 5.65. The molecule has 0 rings (SSSR count). The van der Waals surface area contributed by atoms with Crippen LogP contribution in [0.1, 0.15) is 47.0 Å². The normalized spacial score (nSPS) is 13.6. The zero-order valence-electron chi connectivity index (χ0n) is 10.6. The molecule has 0 bridgehead atoms. The van der Waals surface area contributed by atoms with Crippen molar-refractivity contribution in [3.05, 3.63) is 47.6 Å². The highest BCUT2D eigenvalue weighted by atomic mass is 14.0. The molecule has 0 saturated heterocycles. The Labute approximate surface area is 95.1 Å². The van der Waals surface area contributed by atoms with Crippen molar-refractivity contribution in [2.45, 2.75) is 47.0 Å². The van der Waals surface area contributed by atoms with Gasteiger partial charge in [-0.2, -0.15) is 0 Å². The molecule has 0 radical (unpaired) electrons. The molecule has 0 amide bonds. The Morgan fingerprint density at radius 3 is 2.33 bits per heavy atom. The Morgan fingerprint density at radius 1 is 1.13 bits per heavy atom. The van der Waals surface area contributed by atoms with Gasteiger partial charge in [-0.25, -0.2) is 0 Å². The van der Waals surface area contributed by atoms with Gasteiger partial charge >= 0.3 is 0 Å². The highest BCUT2D eigenvalue weighted by molar-refractivity contribution is 5.12. The smallest absolute Gasteiger partial charge is 0.0139 e. The zero-order chi connectivity index (χ0) is 11.7. The third-order valence-corrected chi connectivity index (χ3v) is 2.37. The zero-order valence-corrected chi connectivity index (χ0v) is 10.6. The molecule has 84 valence electrons. The lowest BCUT2D eigenvalue weighted by molar-refractivity contribution is 0.962. The second kappa shape index (κ2) is 8.28. The Bertz CT molecular complexity index is 274. The van der Waals surface area contributed by atoms with Gasteiger partial charge in [0.15, 0.2) is 0 Å². The molecule has 0 aliphatic heterocycles. The first kappa shape index (κ1) is 14.0. The molecular weight excluding hydrogens is 180 g/mol. The minimum absolute atomic E-state index is 1.09. The molecule has 0 aliphatic rings. The molecule has 0 fully saturated rings. The van der Waals surface area contributed by atoms with Gasteiger partial charge in [-0.05, 0) is 47.0 Å². The van der Waals surface area contributed by atoms with Gasteiger partial charge in [0.1, 0.15) is 0 Å². The lowest BCUT2D eigenvalue weighted by Crippen LogP contribution is -1.78. The van der Waals surface area contributed by atoms with Gasteiger partial charge in [0.25, 0.3) is 0 Å². The Balaban J connectivity index is 3.83. The highest BCUT2D eigenvalue weighted by Crippen LogP contribution is 2.09. The van der Waals surface area contributed by atoms with E-state index in [9.17, 15) is 0 Å². The summed E-state index contributed by atoms with van der Waals surface area (Å²) < 4.78 is 0. The summed E-state index contributed by atoms with van der Waals surface area (Å²) in [5.74, 6) is 0. The summed E-state index contributed by atoms with van der Waals surface area (Å²) in [7, 11) is 0. The maximum atomic E-state index is 3.83. The topological polar surface area (TPSA) is 0 Å². The SMILES string of the molecule is C=C(C)C=CCCC(C)=CC/C(C)=C/C. The van der Waals surface area contributed by atoms with Crippen LogP contribution < -0.4 is 0 Å². The van der Waals surface area contributed by atoms with E-state index in [2.05, 4.69) is 51.7 Å². The highest BCUT2D eigenvalue weighted by Gasteiger charge is 1.89. The fourth-order valence-electron chi connectivity index (χ4n) is 1.15. The van der Waals surface area contributed by atoms with Crippen LogP contribution in [0.5, 0.6) is 0 Å². The molecule has 0 aromatic rings. The van der Waals surface area contributed by atoms with Crippen LogP contribution in [0.15, 0.2) is 47.6 Å². The van der Waals surface area contributed by atoms with Gasteiger partial charge in [0.2, 0.25) is 0 Å². The maximum absolute atomic E-state index is 3.83. The molecule has 15 heavy (non-hydrogen) atoms. The van der Waals surface area contributed by atoms with Gasteiger partial charge in [-0.1, -0.05) is 47.6 Å². The van der Waals surface area contributed by atoms with Crippen LogP contribution in [-0.4, -0.2) is 0 Å². The predicted octanol–water partition coefficient (Wildman–Crippen LogP) is 5.20. The fourth-order valence-corrected chi connectivity index (χ4v) is 1.15. The molecule has 0 nitrogen and oxygen atoms in total. The Kier molecular flexibility index (Phi) is 7.71. The van der Waals surface area contributed by atoms with Crippen molar-refractivity contribution in [1.82, 2.24) is 0 Å². The summed E-state index contributed by atoms with van der Waals surface area (Å²) in [4.78, 5) is 0. The molecule has 0 unspecified atom stereocenters. The van der Waals surface area contributed by atoms with Gasteiger partial charge in [-0.15, -0.1) is 0 Å². The van der Waals surface area contributed by atoms with E-state index in [4.69, 9.17) is 0 Å². The second-order valence-corrected chi connectivity index (χ2v) is 4.18. The summed E-state index contributed by atoms with van der Waals surface area (Å²) in [6, 6.07) is 0. The monoisotopic (exact) mass is 204 g/mol. The van der Waals surface area contributed by atoms with Crippen molar-refractivity contribution >= 4 is 0 Å². The van der Waals surface area contributed by atoms with Crippen molar-refractivity contribution in [2.24, 2.45) is 0 Å². The quantitative estimate of drug-likeness (QED) is 0.412. The van der Waals surface area contributed by atoms with E-state index in [0.717, 1.165) is 24.8 Å². The molecule has 0 heterocycles. The summed E-state index contributed by atoms with van der Waals surface area (Å²) in [5, 5.41) is 0. The molecule has 0 aliphatic carbocycles. The largest absolute Gasteiger partial charge is 0.0961 e. The van der Waals surface area contributed by atoms with Crippen LogP contribution in [0, 0.1) is 0 Å². The minimum Gasteiger partial charge on any atom is -0.0961 e. The molecule has 0 N–H and O–H groups in total. The summed E-state index contributed by atoms with van der Waals surface area (Å²) in [6.45, 7) is 12.3. The van der Waals surface area contributed by atoms with E-state index in [0.29, 0.717) is 0 Å². The van der Waals surface area contributed by atoms with Gasteiger partial charge in [0, 0.05) is 0 Å². The van der Waals surface area contributed by atoms with Gasteiger partial charge in [0.05, 0.1) is 0 Å². The van der Waals surface area contributed by atoms with E-state index in [-0.39, 0.29) is 0 Å². The van der Waals surface area contributed by atoms with E-state index in [1.54, 1.807) is 0 Å². The number of allylic oxidation sites excluding steroid dienone is 7. The summed E-state index contributed by atoms with van der Waals surface area (Å²) in [6.07, 6.45) is 12.1. The maximum Gasteiger partial charge on any atom is -0.0139 e. The van der Waals surface area contributed by atoms with Crippen LogP contribution in [0.3, 0.4) is 0 Å². The van der Waals surface area contributed by atoms with E-state index in [1.807, 2.05) is 6.92 Å². The molecule has 0 spiro atoms. The first-order chi connectivity index (χ1) is 7.06. The second-order valence-electron chi connectivity index (χ2n) is 4.18. The number of rotatable bonds is 6. The average molecular weight is 204 g/mol. The van der Waals surface area contributed by atoms with Crippen LogP contribution in [-0.2, 0) is 0 Å². The third-order valence-electron chi connectivity index (χ3n) is 2.37. The van der Waals surface area contributed by atoms with Crippen molar-refractivity contribution in [1.29, 1.82) is 0 Å². The molecule has 0 aromatic heterocycles. The lowest BCUT2D eigenvalue weighted by atomic mass is 10.1. The third kappa shape index (κ3) is 9.27. The van der Waals surface area contributed by atoms with Crippen LogP contribution in [0.4, 0.5) is 0 Å². The Hall–Kier alpha value is -1.04. The van der Waals surface area contributed by atoms with Gasteiger partial charge < -0.3 is 0 Å². The van der Waals surface area contributed by atoms with Crippen molar-refractivity contribution in [3.63, 3.8) is 0 Å². The van der Waals surface area contributed by atoms with Crippen LogP contribution in [0.2, 0.25) is 0 Å². The van der Waals surface area contributed by atoms with Gasteiger partial charge in [-0.3, -0.25) is 0 Å². The van der Waals surface area contributed by atoms with Crippen molar-refractivity contribution in [2.75, 3.05) is 0 Å².